The molecule has 0 spiro atoms. The van der Waals surface area contributed by atoms with Gasteiger partial charge in [0.15, 0.2) is 5.78 Å². The molecule has 0 aromatic heterocycles. The Morgan fingerprint density at radius 1 is 1.38 bits per heavy atom. The van der Waals surface area contributed by atoms with Gasteiger partial charge in [-0.15, -0.1) is 0 Å². The minimum atomic E-state index is -0.609. The zero-order chi connectivity index (χ0) is 11.7. The maximum absolute atomic E-state index is 13.4. The molecule has 1 heterocycles. The van der Waals surface area contributed by atoms with Gasteiger partial charge in [0.05, 0.1) is 30.3 Å². The van der Waals surface area contributed by atoms with E-state index in [-0.39, 0.29) is 30.0 Å². The van der Waals surface area contributed by atoms with Crippen LogP contribution in [0, 0.1) is 17.1 Å². The fourth-order valence-corrected chi connectivity index (χ4v) is 1.59. The molecule has 0 unspecified atom stereocenters. The van der Waals surface area contributed by atoms with Crippen LogP contribution in [0.3, 0.4) is 0 Å². The highest BCUT2D eigenvalue weighted by Crippen LogP contribution is 2.24. The maximum atomic E-state index is 13.4. The van der Waals surface area contributed by atoms with E-state index >= 15 is 0 Å². The highest BCUT2D eigenvalue weighted by Gasteiger charge is 2.30. The number of halogens is 1. The molecule has 1 aromatic carbocycles. The number of rotatable bonds is 1. The molecule has 1 aliphatic heterocycles. The lowest BCUT2D eigenvalue weighted by atomic mass is 10.2. The van der Waals surface area contributed by atoms with E-state index in [9.17, 15) is 14.0 Å². The second kappa shape index (κ2) is 3.74. The number of anilines is 1. The van der Waals surface area contributed by atoms with E-state index in [1.54, 1.807) is 0 Å². The average Bonchev–Trinajstić information content (AvgIpc) is 2.58. The Morgan fingerprint density at radius 2 is 2.12 bits per heavy atom. The van der Waals surface area contributed by atoms with E-state index in [2.05, 4.69) is 0 Å². The fraction of sp³-hybridized carbons (Fsp3) is 0.182. The predicted octanol–water partition coefficient (Wildman–Crippen LogP) is 1.00. The van der Waals surface area contributed by atoms with E-state index in [0.717, 1.165) is 11.0 Å². The Kier molecular flexibility index (Phi) is 2.41. The number of Topliss-reactive ketones (excluding diaryl/α,β-unsaturated/α-hetero) is 1. The van der Waals surface area contributed by atoms with Crippen molar-refractivity contribution in [3.63, 3.8) is 0 Å². The first kappa shape index (κ1) is 10.3. The van der Waals surface area contributed by atoms with Crippen LogP contribution in [-0.4, -0.2) is 18.2 Å². The molecule has 16 heavy (non-hydrogen) atoms. The first-order chi connectivity index (χ1) is 7.61. The van der Waals surface area contributed by atoms with Crippen molar-refractivity contribution >= 4 is 17.4 Å². The Morgan fingerprint density at radius 3 is 2.69 bits per heavy atom. The Balaban J connectivity index is 2.44. The Labute approximate surface area is 90.9 Å². The van der Waals surface area contributed by atoms with Crippen LogP contribution in [0.5, 0.6) is 0 Å². The third-order valence-electron chi connectivity index (χ3n) is 2.35. The van der Waals surface area contributed by atoms with Crippen molar-refractivity contribution in [2.75, 3.05) is 11.4 Å². The van der Waals surface area contributed by atoms with Crippen molar-refractivity contribution in [3.05, 3.63) is 29.6 Å². The molecule has 80 valence electrons. The van der Waals surface area contributed by atoms with E-state index in [1.807, 2.05) is 6.07 Å². The average molecular weight is 218 g/mol. The lowest BCUT2D eigenvalue weighted by Gasteiger charge is -2.15. The summed E-state index contributed by atoms with van der Waals surface area (Å²) in [6, 6.07) is 5.56. The molecular weight excluding hydrogens is 211 g/mol. The van der Waals surface area contributed by atoms with Crippen LogP contribution < -0.4 is 4.90 Å². The van der Waals surface area contributed by atoms with Gasteiger partial charge in [-0.3, -0.25) is 9.59 Å². The number of carbonyl (C=O) groups excluding carboxylic acids is 2. The van der Waals surface area contributed by atoms with Gasteiger partial charge in [0.1, 0.15) is 5.82 Å². The van der Waals surface area contributed by atoms with Crippen LogP contribution in [0.25, 0.3) is 0 Å². The summed E-state index contributed by atoms with van der Waals surface area (Å²) in [6.07, 6.45) is -0.198. The van der Waals surface area contributed by atoms with Gasteiger partial charge in [-0.1, -0.05) is 0 Å². The molecule has 0 atom stereocenters. The molecule has 5 heteroatoms. The molecule has 0 aliphatic carbocycles. The van der Waals surface area contributed by atoms with Crippen molar-refractivity contribution in [1.29, 1.82) is 5.26 Å². The summed E-state index contributed by atoms with van der Waals surface area (Å²) >= 11 is 0. The number of benzene rings is 1. The number of amides is 1. The summed E-state index contributed by atoms with van der Waals surface area (Å²) in [5.41, 5.74) is 0.249. The van der Waals surface area contributed by atoms with Crippen LogP contribution in [0.4, 0.5) is 10.1 Å². The summed E-state index contributed by atoms with van der Waals surface area (Å²) < 4.78 is 13.4. The zero-order valence-electron chi connectivity index (χ0n) is 8.24. The molecule has 1 amide bonds. The summed E-state index contributed by atoms with van der Waals surface area (Å²) in [5.74, 6) is -1.28. The Hall–Kier alpha value is -2.22. The molecule has 2 rings (SSSR count). The topological polar surface area (TPSA) is 61.2 Å². The monoisotopic (exact) mass is 218 g/mol. The molecule has 0 N–H and O–H groups in total. The first-order valence-electron chi connectivity index (χ1n) is 4.63. The quantitative estimate of drug-likeness (QED) is 0.661. The van der Waals surface area contributed by atoms with Crippen molar-refractivity contribution in [2.24, 2.45) is 0 Å². The molecule has 4 nitrogen and oxygen atoms in total. The van der Waals surface area contributed by atoms with Crippen LogP contribution in [-0.2, 0) is 9.59 Å². The lowest BCUT2D eigenvalue weighted by molar-refractivity contribution is -0.121. The summed E-state index contributed by atoms with van der Waals surface area (Å²) in [4.78, 5) is 23.5. The number of nitriles is 1. The Bertz CT molecular complexity index is 519. The van der Waals surface area contributed by atoms with Gasteiger partial charge in [-0.2, -0.15) is 5.26 Å². The number of hydrogen-bond acceptors (Lipinski definition) is 3. The van der Waals surface area contributed by atoms with E-state index in [1.165, 1.54) is 12.1 Å². The van der Waals surface area contributed by atoms with Crippen molar-refractivity contribution < 1.29 is 14.0 Å². The molecular formula is C11H7FN2O2. The van der Waals surface area contributed by atoms with Crippen LogP contribution in [0.15, 0.2) is 18.2 Å². The second-order valence-electron chi connectivity index (χ2n) is 3.47. The van der Waals surface area contributed by atoms with E-state index in [4.69, 9.17) is 5.26 Å². The SMILES string of the molecule is N#Cc1ccc(F)c(N2CC(=O)CC2=O)c1. The van der Waals surface area contributed by atoms with Crippen LogP contribution in [0.1, 0.15) is 12.0 Å². The molecule has 0 bridgehead atoms. The molecule has 0 radical (unpaired) electrons. The first-order valence-corrected chi connectivity index (χ1v) is 4.63. The van der Waals surface area contributed by atoms with Crippen LogP contribution in [0.2, 0.25) is 0 Å². The minimum Gasteiger partial charge on any atom is -0.302 e. The predicted molar refractivity (Wildman–Crippen MR) is 53.1 cm³/mol. The smallest absolute Gasteiger partial charge is 0.235 e. The van der Waals surface area contributed by atoms with Gasteiger partial charge >= 0.3 is 0 Å². The highest BCUT2D eigenvalue weighted by atomic mass is 19.1. The summed E-state index contributed by atoms with van der Waals surface area (Å²) in [5, 5.41) is 8.67. The molecule has 1 saturated heterocycles. The lowest BCUT2D eigenvalue weighted by Crippen LogP contribution is -2.25. The van der Waals surface area contributed by atoms with Crippen molar-refractivity contribution in [3.8, 4) is 6.07 Å². The standard InChI is InChI=1S/C11H7FN2O2/c12-9-2-1-7(5-13)3-10(9)14-6-8(15)4-11(14)16/h1-3H,4,6H2. The van der Waals surface area contributed by atoms with Crippen LogP contribution >= 0.6 is 0 Å². The molecule has 1 aliphatic rings. The largest absolute Gasteiger partial charge is 0.302 e. The second-order valence-corrected chi connectivity index (χ2v) is 3.47. The highest BCUT2D eigenvalue weighted by molar-refractivity contribution is 6.15. The van der Waals surface area contributed by atoms with Crippen molar-refractivity contribution in [2.45, 2.75) is 6.42 Å². The summed E-state index contributed by atoms with van der Waals surface area (Å²) in [7, 11) is 0. The van der Waals surface area contributed by atoms with Gasteiger partial charge in [-0.25, -0.2) is 4.39 Å². The molecule has 0 saturated carbocycles. The van der Waals surface area contributed by atoms with Gasteiger partial charge in [0.2, 0.25) is 5.91 Å². The minimum absolute atomic E-state index is 0.00472. The van der Waals surface area contributed by atoms with Gasteiger partial charge < -0.3 is 4.90 Å². The number of carbonyl (C=O) groups is 2. The van der Waals surface area contributed by atoms with Gasteiger partial charge in [0, 0.05) is 0 Å². The zero-order valence-corrected chi connectivity index (χ0v) is 8.24. The third kappa shape index (κ3) is 1.65. The van der Waals surface area contributed by atoms with E-state index < -0.39 is 11.7 Å². The molecule has 1 fully saturated rings. The normalized spacial score (nSPS) is 15.4. The fourth-order valence-electron chi connectivity index (χ4n) is 1.59. The van der Waals surface area contributed by atoms with Crippen molar-refractivity contribution in [1.82, 2.24) is 0 Å². The third-order valence-corrected chi connectivity index (χ3v) is 2.35. The number of nitrogens with zero attached hydrogens (tertiary/aromatic N) is 2. The summed E-state index contributed by atoms with van der Waals surface area (Å²) in [6.45, 7) is -0.120. The van der Waals surface area contributed by atoms with Gasteiger partial charge in [0.25, 0.3) is 0 Å². The van der Waals surface area contributed by atoms with E-state index in [0.29, 0.717) is 0 Å². The number of hydrogen-bond donors (Lipinski definition) is 0. The maximum Gasteiger partial charge on any atom is 0.235 e. The van der Waals surface area contributed by atoms with Gasteiger partial charge in [-0.05, 0) is 18.2 Å². The molecule has 1 aromatic rings. The number of ketones is 1.